The van der Waals surface area contributed by atoms with E-state index in [1.165, 1.54) is 0 Å². The molecule has 0 aromatic heterocycles. The Balaban J connectivity index is 2.02. The van der Waals surface area contributed by atoms with E-state index in [0.29, 0.717) is 18.2 Å². The van der Waals surface area contributed by atoms with Gasteiger partial charge in [0, 0.05) is 30.7 Å². The molecule has 1 atom stereocenters. The topological polar surface area (TPSA) is 108 Å². The molecule has 0 bridgehead atoms. The molecule has 1 unspecified atom stereocenters. The second-order valence-electron chi connectivity index (χ2n) is 5.96. The smallest absolute Gasteiger partial charge is 0.379 e. The van der Waals surface area contributed by atoms with Crippen molar-refractivity contribution in [3.05, 3.63) is 69.3 Å². The molecule has 30 heavy (non-hydrogen) atoms. The number of halogens is 5. The number of carbonyl (C=O) groups is 1. The van der Waals surface area contributed by atoms with Crippen LogP contribution in [0, 0.1) is 33.1 Å². The molecule has 1 amide bonds. The fourth-order valence-electron chi connectivity index (χ4n) is 2.47. The molecule has 0 saturated heterocycles. The van der Waals surface area contributed by atoms with Gasteiger partial charge in [-0.3, -0.25) is 14.9 Å². The molecule has 7 nitrogen and oxygen atoms in total. The minimum absolute atomic E-state index is 0.220. The van der Waals surface area contributed by atoms with Crippen LogP contribution in [0.25, 0.3) is 0 Å². The maximum atomic E-state index is 13.7. The molecule has 158 valence electrons. The third kappa shape index (κ3) is 5.63. The number of nitro benzene ring substituents is 1. The van der Waals surface area contributed by atoms with E-state index in [-0.39, 0.29) is 24.2 Å². The van der Waals surface area contributed by atoms with Gasteiger partial charge in [0.05, 0.1) is 16.6 Å². The molecule has 2 aromatic carbocycles. The Morgan fingerprint density at radius 1 is 1.20 bits per heavy atom. The van der Waals surface area contributed by atoms with Crippen LogP contribution in [0.4, 0.5) is 33.3 Å². The van der Waals surface area contributed by atoms with E-state index in [1.807, 2.05) is 0 Å². The van der Waals surface area contributed by atoms with E-state index < -0.39 is 45.9 Å². The Morgan fingerprint density at radius 3 is 2.47 bits per heavy atom. The van der Waals surface area contributed by atoms with Crippen LogP contribution in [0.15, 0.2) is 36.4 Å². The van der Waals surface area contributed by atoms with Crippen LogP contribution in [0.1, 0.15) is 23.6 Å². The van der Waals surface area contributed by atoms with Crippen LogP contribution in [0.3, 0.4) is 0 Å². The van der Waals surface area contributed by atoms with Gasteiger partial charge in [0.25, 0.3) is 5.69 Å². The first-order valence-electron chi connectivity index (χ1n) is 8.26. The number of nitriles is 1. The summed E-state index contributed by atoms with van der Waals surface area (Å²) in [5.41, 5.74) is -2.51. The molecular weight excluding hydrogens is 415 g/mol. The lowest BCUT2D eigenvalue weighted by atomic mass is 10.1. The monoisotopic (exact) mass is 428 g/mol. The van der Waals surface area contributed by atoms with Crippen molar-refractivity contribution in [1.29, 1.82) is 5.26 Å². The van der Waals surface area contributed by atoms with Crippen LogP contribution >= 0.6 is 0 Å². The molecule has 2 N–H and O–H groups in total. The lowest BCUT2D eigenvalue weighted by molar-refractivity contribution is -0.384. The van der Waals surface area contributed by atoms with Crippen molar-refractivity contribution >= 4 is 17.3 Å². The van der Waals surface area contributed by atoms with Gasteiger partial charge in [0.2, 0.25) is 5.91 Å². The van der Waals surface area contributed by atoms with Gasteiger partial charge in [-0.25, -0.2) is 8.78 Å². The highest BCUT2D eigenvalue weighted by atomic mass is 19.4. The zero-order valence-corrected chi connectivity index (χ0v) is 15.0. The number of hydrogen-bond donors (Lipinski definition) is 2. The average molecular weight is 428 g/mol. The maximum Gasteiger partial charge on any atom is 0.416 e. The highest BCUT2D eigenvalue weighted by Crippen LogP contribution is 2.34. The van der Waals surface area contributed by atoms with Crippen LogP contribution < -0.4 is 10.6 Å². The highest BCUT2D eigenvalue weighted by molar-refractivity contribution is 5.77. The first-order chi connectivity index (χ1) is 14.0. The third-order valence-electron chi connectivity index (χ3n) is 3.90. The van der Waals surface area contributed by atoms with E-state index in [9.17, 15) is 36.9 Å². The Bertz CT molecular complexity index is 1000. The molecule has 2 aromatic rings. The first kappa shape index (κ1) is 22.5. The van der Waals surface area contributed by atoms with Gasteiger partial charge in [-0.1, -0.05) is 6.07 Å². The van der Waals surface area contributed by atoms with Crippen LogP contribution in [-0.4, -0.2) is 17.4 Å². The number of nitro groups is 1. The van der Waals surface area contributed by atoms with Gasteiger partial charge in [0.15, 0.2) is 0 Å². The molecule has 0 aliphatic rings. The highest BCUT2D eigenvalue weighted by Gasteiger charge is 2.33. The second kappa shape index (κ2) is 9.17. The molecule has 0 spiro atoms. The molecular formula is C18H13F5N4O3. The number of alkyl halides is 3. The molecule has 0 aliphatic carbocycles. The molecule has 2 rings (SSSR count). The van der Waals surface area contributed by atoms with Crippen molar-refractivity contribution in [3.63, 3.8) is 0 Å². The van der Waals surface area contributed by atoms with Gasteiger partial charge >= 0.3 is 6.18 Å². The minimum Gasteiger partial charge on any atom is -0.379 e. The number of amides is 1. The zero-order valence-electron chi connectivity index (χ0n) is 15.0. The number of nitrogens with one attached hydrogen (secondary N) is 2. The Kier molecular flexibility index (Phi) is 6.89. The lowest BCUT2D eigenvalue weighted by Crippen LogP contribution is -2.29. The van der Waals surface area contributed by atoms with Crippen molar-refractivity contribution in [3.8, 4) is 6.07 Å². The quantitative estimate of drug-likeness (QED) is 0.393. The van der Waals surface area contributed by atoms with Crippen molar-refractivity contribution in [2.45, 2.75) is 18.6 Å². The predicted molar refractivity (Wildman–Crippen MR) is 94.1 cm³/mol. The van der Waals surface area contributed by atoms with Crippen molar-refractivity contribution in [2.75, 3.05) is 11.9 Å². The van der Waals surface area contributed by atoms with Gasteiger partial charge in [0.1, 0.15) is 23.4 Å². The SMILES string of the molecule is N#CC(NC(=O)CCNc1ccc(C(F)(F)F)cc1[N+](=O)[O-])c1ccc(F)cc1F. The maximum absolute atomic E-state index is 13.7. The molecule has 0 heterocycles. The number of nitrogens with zero attached hydrogens (tertiary/aromatic N) is 2. The second-order valence-corrected chi connectivity index (χ2v) is 5.96. The number of rotatable bonds is 7. The summed E-state index contributed by atoms with van der Waals surface area (Å²) in [4.78, 5) is 22.0. The fourth-order valence-corrected chi connectivity index (χ4v) is 2.47. The van der Waals surface area contributed by atoms with E-state index >= 15 is 0 Å². The normalized spacial score (nSPS) is 12.0. The largest absolute Gasteiger partial charge is 0.416 e. The van der Waals surface area contributed by atoms with Gasteiger partial charge in [-0.2, -0.15) is 18.4 Å². The first-order valence-corrected chi connectivity index (χ1v) is 8.26. The summed E-state index contributed by atoms with van der Waals surface area (Å²) in [6.45, 7) is -0.220. The number of benzene rings is 2. The number of carbonyl (C=O) groups excluding carboxylic acids is 1. The predicted octanol–water partition coefficient (Wildman–Crippen LogP) is 4.07. The third-order valence-corrected chi connectivity index (χ3v) is 3.90. The molecule has 0 radical (unpaired) electrons. The minimum atomic E-state index is -4.76. The summed E-state index contributed by atoms with van der Waals surface area (Å²) in [7, 11) is 0. The Hall–Kier alpha value is -3.75. The molecule has 0 aliphatic heterocycles. The van der Waals surface area contributed by atoms with Crippen molar-refractivity contribution in [1.82, 2.24) is 5.32 Å². The van der Waals surface area contributed by atoms with Crippen LogP contribution in [0.2, 0.25) is 0 Å². The van der Waals surface area contributed by atoms with Gasteiger partial charge < -0.3 is 10.6 Å². The summed E-state index contributed by atoms with van der Waals surface area (Å²) >= 11 is 0. The van der Waals surface area contributed by atoms with Crippen molar-refractivity contribution in [2.24, 2.45) is 0 Å². The number of hydrogen-bond acceptors (Lipinski definition) is 5. The van der Waals surface area contributed by atoms with Crippen LogP contribution in [-0.2, 0) is 11.0 Å². The fraction of sp³-hybridized carbons (Fsp3) is 0.222. The molecule has 0 fully saturated rings. The van der Waals surface area contributed by atoms with E-state index in [2.05, 4.69) is 10.6 Å². The van der Waals surface area contributed by atoms with E-state index in [1.54, 1.807) is 6.07 Å². The Labute approximate surface area is 166 Å². The summed E-state index contributed by atoms with van der Waals surface area (Å²) in [6.07, 6.45) is -5.09. The molecule has 0 saturated carbocycles. The van der Waals surface area contributed by atoms with Gasteiger partial charge in [-0.05, 0) is 18.2 Å². The van der Waals surface area contributed by atoms with Crippen LogP contribution in [0.5, 0.6) is 0 Å². The summed E-state index contributed by atoms with van der Waals surface area (Å²) in [5, 5.41) is 24.8. The standard InChI is InChI=1S/C18H13F5N4O3/c19-11-2-3-12(13(20)8-11)15(9-24)26-17(28)5-6-25-14-4-1-10(18(21,22)23)7-16(14)27(29)30/h1-4,7-8,15,25H,5-6H2,(H,26,28). The summed E-state index contributed by atoms with van der Waals surface area (Å²) in [5.74, 6) is -2.63. The Morgan fingerprint density at radius 2 is 1.90 bits per heavy atom. The lowest BCUT2D eigenvalue weighted by Gasteiger charge is -2.14. The van der Waals surface area contributed by atoms with E-state index in [4.69, 9.17) is 5.26 Å². The number of anilines is 1. The summed E-state index contributed by atoms with van der Waals surface area (Å²) in [6, 6.07) is 4.60. The molecule has 12 heteroatoms. The van der Waals surface area contributed by atoms with E-state index in [0.717, 1.165) is 18.2 Å². The zero-order chi connectivity index (χ0) is 22.5. The average Bonchev–Trinajstić information content (AvgIpc) is 2.65. The van der Waals surface area contributed by atoms with Crippen molar-refractivity contribution < 1.29 is 31.7 Å². The summed E-state index contributed by atoms with van der Waals surface area (Å²) < 4.78 is 64.8. The van der Waals surface area contributed by atoms with Gasteiger partial charge in [-0.15, -0.1) is 0 Å².